The average molecular weight is 268 g/mol. The highest BCUT2D eigenvalue weighted by Crippen LogP contribution is 2.14. The maximum Gasteiger partial charge on any atom is 0.0489 e. The third kappa shape index (κ3) is 3.71. The summed E-state index contributed by atoms with van der Waals surface area (Å²) in [6, 6.07) is 0. The van der Waals surface area contributed by atoms with Crippen LogP contribution in [0.1, 0.15) is 19.8 Å². The normalized spacial score (nSPS) is 22.4. The summed E-state index contributed by atoms with van der Waals surface area (Å²) in [7, 11) is 0. The Hall–Kier alpha value is 0.650. The molecule has 0 unspecified atom stereocenters. The fraction of sp³-hybridized carbons (Fsp3) is 1.00. The number of halogens is 1. The molecule has 11 heavy (non-hydrogen) atoms. The van der Waals surface area contributed by atoms with Gasteiger partial charge in [-0.2, -0.15) is 0 Å². The first-order chi connectivity index (χ1) is 5.33. The van der Waals surface area contributed by atoms with Crippen molar-refractivity contribution in [3.05, 3.63) is 0 Å². The fourth-order valence-corrected chi connectivity index (χ4v) is 1.66. The van der Waals surface area contributed by atoms with Crippen LogP contribution in [0.4, 0.5) is 0 Å². The molecule has 0 aromatic heterocycles. The van der Waals surface area contributed by atoms with E-state index in [9.17, 15) is 0 Å². The lowest BCUT2D eigenvalue weighted by atomic mass is 10.00. The smallest absolute Gasteiger partial charge is 0.0489 e. The van der Waals surface area contributed by atoms with Crippen LogP contribution in [0.25, 0.3) is 0 Å². The highest BCUT2D eigenvalue weighted by molar-refractivity contribution is 14.1. The van der Waals surface area contributed by atoms with Crippen molar-refractivity contribution in [3.8, 4) is 0 Å². The quantitative estimate of drug-likeness (QED) is 0.476. The van der Waals surface area contributed by atoms with Gasteiger partial charge in [0.2, 0.25) is 0 Å². The van der Waals surface area contributed by atoms with E-state index in [-0.39, 0.29) is 0 Å². The Bertz CT molecular complexity index is 97.5. The van der Waals surface area contributed by atoms with E-state index >= 15 is 0 Å². The van der Waals surface area contributed by atoms with Crippen LogP contribution in [0.15, 0.2) is 0 Å². The third-order valence-corrected chi connectivity index (χ3v) is 2.85. The van der Waals surface area contributed by atoms with Gasteiger partial charge in [-0.25, -0.2) is 0 Å². The SMILES string of the molecule is CC1CCN(CNCI)CC1. The maximum atomic E-state index is 3.35. The van der Waals surface area contributed by atoms with E-state index in [0.29, 0.717) is 0 Å². The molecule has 0 atom stereocenters. The van der Waals surface area contributed by atoms with Crippen molar-refractivity contribution in [3.63, 3.8) is 0 Å². The molecule has 1 heterocycles. The van der Waals surface area contributed by atoms with Crippen molar-refractivity contribution in [1.82, 2.24) is 10.2 Å². The van der Waals surface area contributed by atoms with Gasteiger partial charge in [-0.15, -0.1) is 0 Å². The molecule has 0 amide bonds. The first kappa shape index (κ1) is 9.74. The summed E-state index contributed by atoms with van der Waals surface area (Å²) in [6.45, 7) is 5.99. The molecular weight excluding hydrogens is 251 g/mol. The molecule has 0 saturated carbocycles. The molecule has 3 heteroatoms. The van der Waals surface area contributed by atoms with E-state index < -0.39 is 0 Å². The number of hydrogen-bond acceptors (Lipinski definition) is 2. The maximum absolute atomic E-state index is 3.35. The van der Waals surface area contributed by atoms with Crippen molar-refractivity contribution in [2.24, 2.45) is 5.92 Å². The molecule has 1 rings (SSSR count). The Morgan fingerprint density at radius 2 is 2.09 bits per heavy atom. The van der Waals surface area contributed by atoms with Gasteiger partial charge in [-0.05, 0) is 31.8 Å². The van der Waals surface area contributed by atoms with Gasteiger partial charge >= 0.3 is 0 Å². The van der Waals surface area contributed by atoms with Crippen molar-refractivity contribution in [2.75, 3.05) is 24.3 Å². The molecule has 0 bridgehead atoms. The summed E-state index contributed by atoms with van der Waals surface area (Å²) in [5.74, 6) is 0.950. The Balaban J connectivity index is 2.07. The van der Waals surface area contributed by atoms with E-state index in [1.54, 1.807) is 0 Å². The highest BCUT2D eigenvalue weighted by atomic mass is 127. The summed E-state index contributed by atoms with van der Waals surface area (Å²) in [5.41, 5.74) is 0. The zero-order chi connectivity index (χ0) is 8.10. The standard InChI is InChI=1S/C8H17IN2/c1-8-2-4-11(5-3-8)7-10-6-9/h8,10H,2-7H2,1H3. The molecule has 2 nitrogen and oxygen atoms in total. The monoisotopic (exact) mass is 268 g/mol. The summed E-state index contributed by atoms with van der Waals surface area (Å²) in [4.78, 5) is 2.50. The van der Waals surface area contributed by atoms with Crippen LogP contribution >= 0.6 is 22.6 Å². The first-order valence-electron chi connectivity index (χ1n) is 4.32. The van der Waals surface area contributed by atoms with Crippen LogP contribution in [0.5, 0.6) is 0 Å². The van der Waals surface area contributed by atoms with Crippen molar-refractivity contribution in [2.45, 2.75) is 19.8 Å². The van der Waals surface area contributed by atoms with Crippen LogP contribution in [0.3, 0.4) is 0 Å². The highest BCUT2D eigenvalue weighted by Gasteiger charge is 2.14. The Morgan fingerprint density at radius 1 is 1.45 bits per heavy atom. The lowest BCUT2D eigenvalue weighted by molar-refractivity contribution is 0.184. The number of piperidine rings is 1. The molecule has 1 aliphatic heterocycles. The van der Waals surface area contributed by atoms with Gasteiger partial charge in [0.05, 0.1) is 0 Å². The predicted molar refractivity (Wildman–Crippen MR) is 56.9 cm³/mol. The number of likely N-dealkylation sites (tertiary alicyclic amines) is 1. The van der Waals surface area contributed by atoms with Gasteiger partial charge in [0.25, 0.3) is 0 Å². The molecule has 0 aliphatic carbocycles. The van der Waals surface area contributed by atoms with Crippen molar-refractivity contribution in [1.29, 1.82) is 0 Å². The summed E-state index contributed by atoms with van der Waals surface area (Å²) < 4.78 is 1.06. The largest absolute Gasteiger partial charge is 0.295 e. The second kappa shape index (κ2) is 5.32. The van der Waals surface area contributed by atoms with Crippen molar-refractivity contribution < 1.29 is 0 Å². The van der Waals surface area contributed by atoms with Crippen LogP contribution in [-0.4, -0.2) is 29.2 Å². The summed E-state index contributed by atoms with van der Waals surface area (Å²) in [6.07, 6.45) is 2.76. The van der Waals surface area contributed by atoms with Crippen LogP contribution in [0.2, 0.25) is 0 Å². The Kier molecular flexibility index (Phi) is 4.71. The third-order valence-electron chi connectivity index (χ3n) is 2.31. The average Bonchev–Trinajstić information content (AvgIpc) is 2.04. The zero-order valence-corrected chi connectivity index (χ0v) is 9.30. The fourth-order valence-electron chi connectivity index (χ4n) is 1.42. The molecule has 66 valence electrons. The van der Waals surface area contributed by atoms with E-state index in [1.807, 2.05) is 0 Å². The molecule has 1 saturated heterocycles. The lowest BCUT2D eigenvalue weighted by Crippen LogP contribution is -2.39. The van der Waals surface area contributed by atoms with Crippen LogP contribution < -0.4 is 5.32 Å². The second-order valence-corrected chi connectivity index (χ2v) is 4.11. The van der Waals surface area contributed by atoms with Gasteiger partial charge in [0.15, 0.2) is 0 Å². The van der Waals surface area contributed by atoms with Crippen LogP contribution in [-0.2, 0) is 0 Å². The molecule has 0 aromatic rings. The molecule has 0 spiro atoms. The number of nitrogens with one attached hydrogen (secondary N) is 1. The minimum absolute atomic E-state index is 0.950. The minimum Gasteiger partial charge on any atom is -0.295 e. The van der Waals surface area contributed by atoms with Gasteiger partial charge in [0.1, 0.15) is 0 Å². The summed E-state index contributed by atoms with van der Waals surface area (Å²) in [5, 5.41) is 3.35. The predicted octanol–water partition coefficient (Wildman–Crippen LogP) is 1.66. The number of rotatable bonds is 3. The lowest BCUT2D eigenvalue weighted by Gasteiger charge is -2.29. The number of nitrogens with zero attached hydrogens (tertiary/aromatic N) is 1. The summed E-state index contributed by atoms with van der Waals surface area (Å²) >= 11 is 2.35. The molecular formula is C8H17IN2. The van der Waals surface area contributed by atoms with E-state index in [0.717, 1.165) is 17.1 Å². The van der Waals surface area contributed by atoms with Crippen molar-refractivity contribution >= 4 is 22.6 Å². The van der Waals surface area contributed by atoms with E-state index in [2.05, 4.69) is 39.7 Å². The second-order valence-electron chi connectivity index (χ2n) is 3.34. The Morgan fingerprint density at radius 3 is 2.64 bits per heavy atom. The number of hydrogen-bond donors (Lipinski definition) is 1. The van der Waals surface area contributed by atoms with Gasteiger partial charge < -0.3 is 0 Å². The molecule has 1 N–H and O–H groups in total. The van der Waals surface area contributed by atoms with E-state index in [4.69, 9.17) is 0 Å². The molecule has 0 radical (unpaired) electrons. The molecule has 0 aromatic carbocycles. The first-order valence-corrected chi connectivity index (χ1v) is 5.84. The van der Waals surface area contributed by atoms with Crippen LogP contribution in [0, 0.1) is 5.92 Å². The van der Waals surface area contributed by atoms with Gasteiger partial charge in [-0.3, -0.25) is 10.2 Å². The van der Waals surface area contributed by atoms with Gasteiger partial charge in [0, 0.05) is 11.2 Å². The Labute approximate surface area is 82.9 Å². The topological polar surface area (TPSA) is 15.3 Å². The van der Waals surface area contributed by atoms with Gasteiger partial charge in [-0.1, -0.05) is 29.5 Å². The zero-order valence-electron chi connectivity index (χ0n) is 7.15. The molecule has 1 aliphatic rings. The number of alkyl halides is 1. The van der Waals surface area contributed by atoms with E-state index in [1.165, 1.54) is 25.9 Å². The molecule has 1 fully saturated rings. The minimum atomic E-state index is 0.950.